The van der Waals surface area contributed by atoms with Gasteiger partial charge in [-0.25, -0.2) is 4.99 Å². The van der Waals surface area contributed by atoms with Crippen molar-refractivity contribution in [3.63, 3.8) is 0 Å². The summed E-state index contributed by atoms with van der Waals surface area (Å²) in [4.78, 5) is 5.97. The van der Waals surface area contributed by atoms with Gasteiger partial charge in [-0.15, -0.1) is 11.3 Å². The number of benzene rings is 1. The maximum absolute atomic E-state index is 9.76. The Kier molecular flexibility index (Phi) is 6.79. The van der Waals surface area contributed by atoms with E-state index in [0.717, 1.165) is 35.4 Å². The summed E-state index contributed by atoms with van der Waals surface area (Å²) in [5.41, 5.74) is 2.98. The molecule has 30 heavy (non-hydrogen) atoms. The van der Waals surface area contributed by atoms with Gasteiger partial charge in [-0.05, 0) is 67.7 Å². The monoisotopic (exact) mass is 444 g/mol. The molecule has 160 valence electrons. The van der Waals surface area contributed by atoms with Crippen LogP contribution < -0.4 is 9.47 Å². The van der Waals surface area contributed by atoms with Gasteiger partial charge in [0.2, 0.25) is 0 Å². The lowest BCUT2D eigenvalue weighted by Crippen LogP contribution is -2.26. The first-order valence-electron chi connectivity index (χ1n) is 10.3. The second-order valence-electron chi connectivity index (χ2n) is 9.06. The summed E-state index contributed by atoms with van der Waals surface area (Å²) in [6.07, 6.45) is 4.83. The van der Waals surface area contributed by atoms with E-state index in [1.54, 1.807) is 30.7 Å². The molecule has 0 saturated heterocycles. The standard InChI is InChI=1S/C24H29ClN2O2S/c1-14(2)29-22-19(25)9-15(10-20(22)28-6)13-27-23-18(12-26)17-8-7-16(24(3,4)5)11-21(17)30-23/h9-10,13-14,16H,7-8,11H2,1-6H3/t16-/m0/s1. The number of halogens is 1. The molecule has 0 amide bonds. The Bertz CT molecular complexity index is 996. The van der Waals surface area contributed by atoms with Crippen LogP contribution in [0.2, 0.25) is 5.02 Å². The molecule has 4 nitrogen and oxygen atoms in total. The number of aliphatic imine (C=N–C) groups is 1. The molecule has 1 aliphatic carbocycles. The molecule has 6 heteroatoms. The van der Waals surface area contributed by atoms with Crippen molar-refractivity contribution >= 4 is 34.2 Å². The molecule has 0 spiro atoms. The minimum atomic E-state index is -0.0107. The molecule has 0 saturated carbocycles. The van der Waals surface area contributed by atoms with Gasteiger partial charge in [0, 0.05) is 11.1 Å². The van der Waals surface area contributed by atoms with Crippen molar-refractivity contribution in [1.82, 2.24) is 0 Å². The highest BCUT2D eigenvalue weighted by Crippen LogP contribution is 2.45. The molecule has 1 heterocycles. The highest BCUT2D eigenvalue weighted by molar-refractivity contribution is 7.16. The van der Waals surface area contributed by atoms with Crippen molar-refractivity contribution in [3.8, 4) is 17.6 Å². The first kappa shape index (κ1) is 22.7. The summed E-state index contributed by atoms with van der Waals surface area (Å²) in [6, 6.07) is 6.04. The molecule has 0 N–H and O–H groups in total. The Hall–Kier alpha value is -2.03. The van der Waals surface area contributed by atoms with Crippen LogP contribution in [0.15, 0.2) is 17.1 Å². The largest absolute Gasteiger partial charge is 0.493 e. The van der Waals surface area contributed by atoms with Crippen LogP contribution in [0.5, 0.6) is 11.5 Å². The number of nitriles is 1. The van der Waals surface area contributed by atoms with Crippen LogP contribution in [-0.2, 0) is 12.8 Å². The molecule has 0 bridgehead atoms. The number of ether oxygens (including phenoxy) is 2. The van der Waals surface area contributed by atoms with Gasteiger partial charge >= 0.3 is 0 Å². The predicted octanol–water partition coefficient (Wildman–Crippen LogP) is 6.97. The molecule has 0 fully saturated rings. The van der Waals surface area contributed by atoms with Crippen molar-refractivity contribution in [2.75, 3.05) is 7.11 Å². The highest BCUT2D eigenvalue weighted by atomic mass is 35.5. The molecule has 1 aromatic heterocycles. The number of thiophene rings is 1. The Balaban J connectivity index is 1.91. The third kappa shape index (κ3) is 4.82. The first-order valence-corrected chi connectivity index (χ1v) is 11.5. The molecular weight excluding hydrogens is 416 g/mol. The SMILES string of the molecule is COc1cc(C=Nc2sc3c(c2C#N)CC[C@H](C(C)(C)C)C3)cc(Cl)c1OC(C)C. The molecule has 0 radical (unpaired) electrons. The fourth-order valence-electron chi connectivity index (χ4n) is 3.81. The van der Waals surface area contributed by atoms with Crippen molar-refractivity contribution in [2.24, 2.45) is 16.3 Å². The van der Waals surface area contributed by atoms with Crippen LogP contribution in [0.25, 0.3) is 0 Å². The van der Waals surface area contributed by atoms with Gasteiger partial charge in [-0.1, -0.05) is 32.4 Å². The van der Waals surface area contributed by atoms with Crippen LogP contribution in [-0.4, -0.2) is 19.4 Å². The van der Waals surface area contributed by atoms with Gasteiger partial charge in [0.05, 0.1) is 23.8 Å². The second kappa shape index (κ2) is 8.99. The van der Waals surface area contributed by atoms with E-state index in [2.05, 4.69) is 31.8 Å². The molecule has 1 aromatic carbocycles. The molecule has 1 aliphatic rings. The maximum Gasteiger partial charge on any atom is 0.180 e. The lowest BCUT2D eigenvalue weighted by Gasteiger charge is -2.33. The number of hydrogen-bond acceptors (Lipinski definition) is 5. The molecule has 2 aromatic rings. The summed E-state index contributed by atoms with van der Waals surface area (Å²) < 4.78 is 11.2. The minimum Gasteiger partial charge on any atom is -0.493 e. The van der Waals surface area contributed by atoms with E-state index in [0.29, 0.717) is 22.4 Å². The van der Waals surface area contributed by atoms with Crippen LogP contribution in [0.1, 0.15) is 62.6 Å². The van der Waals surface area contributed by atoms with E-state index in [1.165, 1.54) is 10.4 Å². The van der Waals surface area contributed by atoms with Gasteiger partial charge in [0.25, 0.3) is 0 Å². The highest BCUT2D eigenvalue weighted by Gasteiger charge is 2.32. The quantitative estimate of drug-likeness (QED) is 0.468. The van der Waals surface area contributed by atoms with Gasteiger partial charge in [0.1, 0.15) is 11.1 Å². The minimum absolute atomic E-state index is 0.0107. The smallest absolute Gasteiger partial charge is 0.180 e. The zero-order valence-corrected chi connectivity index (χ0v) is 20.1. The van der Waals surface area contributed by atoms with E-state index in [-0.39, 0.29) is 11.5 Å². The Morgan fingerprint density at radius 3 is 2.67 bits per heavy atom. The van der Waals surface area contributed by atoms with E-state index in [1.807, 2.05) is 19.9 Å². The average molecular weight is 445 g/mol. The Labute approximate surface area is 188 Å². The normalized spacial score (nSPS) is 16.6. The lowest BCUT2D eigenvalue weighted by atomic mass is 9.72. The summed E-state index contributed by atoms with van der Waals surface area (Å²) >= 11 is 8.06. The third-order valence-corrected chi connectivity index (χ3v) is 6.96. The van der Waals surface area contributed by atoms with E-state index in [4.69, 9.17) is 21.1 Å². The lowest BCUT2D eigenvalue weighted by molar-refractivity contribution is 0.218. The van der Waals surface area contributed by atoms with Crippen LogP contribution in [0, 0.1) is 22.7 Å². The van der Waals surface area contributed by atoms with Crippen molar-refractivity contribution in [2.45, 2.75) is 60.0 Å². The van der Waals surface area contributed by atoms with Crippen molar-refractivity contribution < 1.29 is 9.47 Å². The average Bonchev–Trinajstić information content (AvgIpc) is 3.03. The van der Waals surface area contributed by atoms with E-state index >= 15 is 0 Å². The second-order valence-corrected chi connectivity index (χ2v) is 10.6. The Morgan fingerprint density at radius 1 is 1.33 bits per heavy atom. The summed E-state index contributed by atoms with van der Waals surface area (Å²) in [5.74, 6) is 1.73. The van der Waals surface area contributed by atoms with Crippen LogP contribution in [0.4, 0.5) is 5.00 Å². The maximum atomic E-state index is 9.76. The summed E-state index contributed by atoms with van der Waals surface area (Å²) in [6.45, 7) is 10.8. The number of methoxy groups -OCH3 is 1. The van der Waals surface area contributed by atoms with Crippen LogP contribution in [0.3, 0.4) is 0 Å². The molecule has 1 atom stereocenters. The van der Waals surface area contributed by atoms with Gasteiger partial charge in [-0.3, -0.25) is 0 Å². The summed E-state index contributed by atoms with van der Waals surface area (Å²) in [7, 11) is 1.59. The predicted molar refractivity (Wildman–Crippen MR) is 125 cm³/mol. The number of hydrogen-bond donors (Lipinski definition) is 0. The fourth-order valence-corrected chi connectivity index (χ4v) is 5.30. The zero-order valence-electron chi connectivity index (χ0n) is 18.5. The zero-order chi connectivity index (χ0) is 22.1. The van der Waals surface area contributed by atoms with Gasteiger partial charge < -0.3 is 9.47 Å². The van der Waals surface area contributed by atoms with Gasteiger partial charge in [-0.2, -0.15) is 5.26 Å². The number of nitrogens with zero attached hydrogens (tertiary/aromatic N) is 2. The number of fused-ring (bicyclic) bond motifs is 1. The number of rotatable bonds is 5. The fraction of sp³-hybridized carbons (Fsp3) is 0.500. The summed E-state index contributed by atoms with van der Waals surface area (Å²) in [5, 5.41) is 11.0. The topological polar surface area (TPSA) is 54.6 Å². The van der Waals surface area contributed by atoms with Crippen molar-refractivity contribution in [3.05, 3.63) is 38.7 Å². The molecule has 0 aliphatic heterocycles. The van der Waals surface area contributed by atoms with Crippen molar-refractivity contribution in [1.29, 1.82) is 5.26 Å². The van der Waals surface area contributed by atoms with Crippen LogP contribution >= 0.6 is 22.9 Å². The third-order valence-electron chi connectivity index (χ3n) is 5.52. The van der Waals surface area contributed by atoms with E-state index in [9.17, 15) is 5.26 Å². The Morgan fingerprint density at radius 2 is 2.07 bits per heavy atom. The molecular formula is C24H29ClN2O2S. The first-order chi connectivity index (χ1) is 14.1. The van der Waals surface area contributed by atoms with E-state index < -0.39 is 0 Å². The van der Waals surface area contributed by atoms with Gasteiger partial charge in [0.15, 0.2) is 11.5 Å². The molecule has 3 rings (SSSR count). The molecule has 0 unspecified atom stereocenters.